The highest BCUT2D eigenvalue weighted by molar-refractivity contribution is 7.88. The maximum atomic E-state index is 13.0. The molecule has 124 valence electrons. The molecule has 0 saturated heterocycles. The number of nitrogens with one attached hydrogen (secondary N) is 2. The van der Waals surface area contributed by atoms with Gasteiger partial charge in [0.25, 0.3) is 0 Å². The predicted octanol–water partition coefficient (Wildman–Crippen LogP) is 1.97. The molecule has 0 aliphatic rings. The summed E-state index contributed by atoms with van der Waals surface area (Å²) < 4.78 is 38.3. The zero-order valence-electron chi connectivity index (χ0n) is 13.3. The molecule has 0 saturated carbocycles. The summed E-state index contributed by atoms with van der Waals surface area (Å²) in [5.74, 6) is -0.681. The Labute approximate surface area is 131 Å². The highest BCUT2D eigenvalue weighted by Crippen LogP contribution is 2.19. The fraction of sp³-hybridized carbons (Fsp3) is 0.533. The van der Waals surface area contributed by atoms with Crippen molar-refractivity contribution in [2.75, 3.05) is 12.8 Å². The lowest BCUT2D eigenvalue weighted by Crippen LogP contribution is -2.36. The number of carbonyl (C=O) groups excluding carboxylic acids is 1. The van der Waals surface area contributed by atoms with Gasteiger partial charge in [-0.1, -0.05) is 32.9 Å². The van der Waals surface area contributed by atoms with Gasteiger partial charge >= 0.3 is 0 Å². The summed E-state index contributed by atoms with van der Waals surface area (Å²) in [7, 11) is -3.49. The highest BCUT2D eigenvalue weighted by atomic mass is 32.2. The molecule has 0 bridgehead atoms. The third-order valence-corrected chi connectivity index (χ3v) is 3.55. The van der Waals surface area contributed by atoms with Crippen LogP contribution in [0.1, 0.15) is 38.8 Å². The minimum absolute atomic E-state index is 0.0468. The number of hydrogen-bond donors (Lipinski definition) is 2. The third-order valence-electron chi connectivity index (χ3n) is 2.83. The Hall–Kier alpha value is -1.47. The van der Waals surface area contributed by atoms with Crippen LogP contribution in [0.4, 0.5) is 4.39 Å². The van der Waals surface area contributed by atoms with Crippen molar-refractivity contribution >= 4 is 15.9 Å². The first-order valence-electron chi connectivity index (χ1n) is 6.96. The minimum Gasteiger partial charge on any atom is -0.356 e. The van der Waals surface area contributed by atoms with Crippen molar-refractivity contribution in [3.05, 3.63) is 35.6 Å². The normalized spacial score (nSPS) is 13.7. The third kappa shape index (κ3) is 7.51. The number of amides is 1. The standard InChI is InChI=1S/C15H23FN2O3S/c1-15(2,3)10-17-14(19)9-13(18-22(4,20)21)11-5-7-12(16)8-6-11/h5-8,13,18H,9-10H2,1-4H3,(H,17,19). The topological polar surface area (TPSA) is 75.3 Å². The molecule has 7 heteroatoms. The minimum atomic E-state index is -3.49. The molecule has 0 radical (unpaired) electrons. The molecule has 1 aromatic carbocycles. The van der Waals surface area contributed by atoms with Crippen LogP contribution >= 0.6 is 0 Å². The second-order valence-corrected chi connectivity index (χ2v) is 8.32. The summed E-state index contributed by atoms with van der Waals surface area (Å²) in [6.45, 7) is 6.44. The van der Waals surface area contributed by atoms with E-state index in [-0.39, 0.29) is 17.7 Å². The van der Waals surface area contributed by atoms with Gasteiger partial charge in [-0.15, -0.1) is 0 Å². The van der Waals surface area contributed by atoms with Gasteiger partial charge in [-0.3, -0.25) is 4.79 Å². The van der Waals surface area contributed by atoms with E-state index in [0.717, 1.165) is 6.26 Å². The SMILES string of the molecule is CC(C)(C)CNC(=O)CC(NS(C)(=O)=O)c1ccc(F)cc1. The molecule has 0 spiro atoms. The van der Waals surface area contributed by atoms with E-state index in [4.69, 9.17) is 0 Å². The summed E-state index contributed by atoms with van der Waals surface area (Å²) in [5, 5.41) is 2.77. The number of sulfonamides is 1. The number of carbonyl (C=O) groups is 1. The van der Waals surface area contributed by atoms with E-state index >= 15 is 0 Å². The molecule has 5 nitrogen and oxygen atoms in total. The lowest BCUT2D eigenvalue weighted by molar-refractivity contribution is -0.121. The van der Waals surface area contributed by atoms with Crippen LogP contribution in [0.2, 0.25) is 0 Å². The van der Waals surface area contributed by atoms with E-state index in [1.165, 1.54) is 24.3 Å². The van der Waals surface area contributed by atoms with E-state index in [1.54, 1.807) is 0 Å². The number of hydrogen-bond acceptors (Lipinski definition) is 3. The summed E-state index contributed by atoms with van der Waals surface area (Å²) >= 11 is 0. The molecule has 1 rings (SSSR count). The summed E-state index contributed by atoms with van der Waals surface area (Å²) in [6.07, 6.45) is 0.978. The average molecular weight is 330 g/mol. The van der Waals surface area contributed by atoms with E-state index < -0.39 is 21.9 Å². The van der Waals surface area contributed by atoms with Crippen molar-refractivity contribution < 1.29 is 17.6 Å². The van der Waals surface area contributed by atoms with Crippen molar-refractivity contribution in [1.29, 1.82) is 0 Å². The van der Waals surface area contributed by atoms with Crippen LogP contribution in [-0.4, -0.2) is 27.1 Å². The largest absolute Gasteiger partial charge is 0.356 e. The molecule has 22 heavy (non-hydrogen) atoms. The van der Waals surface area contributed by atoms with E-state index in [0.29, 0.717) is 12.1 Å². The Balaban J connectivity index is 2.83. The van der Waals surface area contributed by atoms with E-state index in [2.05, 4.69) is 10.0 Å². The molecule has 0 fully saturated rings. The van der Waals surface area contributed by atoms with Crippen LogP contribution in [0.5, 0.6) is 0 Å². The van der Waals surface area contributed by atoms with Gasteiger partial charge in [0, 0.05) is 13.0 Å². The first-order chi connectivity index (χ1) is 9.96. The van der Waals surface area contributed by atoms with Gasteiger partial charge in [0.1, 0.15) is 5.82 Å². The molecule has 1 aromatic rings. The molecule has 1 amide bonds. The van der Waals surface area contributed by atoms with Gasteiger partial charge in [-0.25, -0.2) is 17.5 Å². The maximum Gasteiger partial charge on any atom is 0.221 e. The summed E-state index contributed by atoms with van der Waals surface area (Å²) in [6, 6.07) is 4.68. The van der Waals surface area contributed by atoms with Gasteiger partial charge in [0.2, 0.25) is 15.9 Å². The molecular formula is C15H23FN2O3S. The average Bonchev–Trinajstić information content (AvgIpc) is 2.34. The Morgan fingerprint density at radius 2 is 1.77 bits per heavy atom. The van der Waals surface area contributed by atoms with Crippen molar-refractivity contribution in [3.63, 3.8) is 0 Å². The van der Waals surface area contributed by atoms with Crippen LogP contribution in [0.3, 0.4) is 0 Å². The van der Waals surface area contributed by atoms with Crippen molar-refractivity contribution in [1.82, 2.24) is 10.0 Å². The van der Waals surface area contributed by atoms with Gasteiger partial charge in [-0.05, 0) is 23.1 Å². The molecule has 1 atom stereocenters. The lowest BCUT2D eigenvalue weighted by Gasteiger charge is -2.21. The summed E-state index contributed by atoms with van der Waals surface area (Å²) in [5.41, 5.74) is 0.475. The molecular weight excluding hydrogens is 307 g/mol. The monoisotopic (exact) mass is 330 g/mol. The van der Waals surface area contributed by atoms with Crippen molar-refractivity contribution in [2.45, 2.75) is 33.2 Å². The van der Waals surface area contributed by atoms with Gasteiger partial charge in [0.05, 0.1) is 12.3 Å². The number of benzene rings is 1. The smallest absolute Gasteiger partial charge is 0.221 e. The maximum absolute atomic E-state index is 13.0. The molecule has 2 N–H and O–H groups in total. The number of halogens is 1. The van der Waals surface area contributed by atoms with Crippen LogP contribution in [0, 0.1) is 11.2 Å². The van der Waals surface area contributed by atoms with Crippen LogP contribution < -0.4 is 10.0 Å². The second-order valence-electron chi connectivity index (χ2n) is 6.54. The molecule has 1 unspecified atom stereocenters. The number of rotatable bonds is 6. The first kappa shape index (κ1) is 18.6. The van der Waals surface area contributed by atoms with Gasteiger partial charge in [-0.2, -0.15) is 0 Å². The fourth-order valence-electron chi connectivity index (χ4n) is 1.80. The Morgan fingerprint density at radius 1 is 1.23 bits per heavy atom. The van der Waals surface area contributed by atoms with Crippen molar-refractivity contribution in [2.24, 2.45) is 5.41 Å². The molecule has 0 heterocycles. The molecule has 0 aliphatic carbocycles. The van der Waals surface area contributed by atoms with Crippen LogP contribution in [0.25, 0.3) is 0 Å². The van der Waals surface area contributed by atoms with E-state index in [1.807, 2.05) is 20.8 Å². The predicted molar refractivity (Wildman–Crippen MR) is 84.2 cm³/mol. The quantitative estimate of drug-likeness (QED) is 0.837. The first-order valence-corrected chi connectivity index (χ1v) is 8.85. The zero-order chi connectivity index (χ0) is 17.0. The van der Waals surface area contributed by atoms with Gasteiger partial charge in [0.15, 0.2) is 0 Å². The Kier molecular flexibility index (Phi) is 6.08. The zero-order valence-corrected chi connectivity index (χ0v) is 14.1. The fourth-order valence-corrected chi connectivity index (χ4v) is 2.54. The lowest BCUT2D eigenvalue weighted by atomic mass is 9.96. The highest BCUT2D eigenvalue weighted by Gasteiger charge is 2.21. The van der Waals surface area contributed by atoms with Gasteiger partial charge < -0.3 is 5.32 Å². The van der Waals surface area contributed by atoms with Crippen molar-refractivity contribution in [3.8, 4) is 0 Å². The van der Waals surface area contributed by atoms with E-state index in [9.17, 15) is 17.6 Å². The summed E-state index contributed by atoms with van der Waals surface area (Å²) in [4.78, 5) is 12.0. The molecule has 0 aliphatic heterocycles. The second kappa shape index (κ2) is 7.19. The molecule has 0 aromatic heterocycles. The van der Waals surface area contributed by atoms with Crippen LogP contribution in [0.15, 0.2) is 24.3 Å². The van der Waals surface area contributed by atoms with Crippen LogP contribution in [-0.2, 0) is 14.8 Å². The Bertz CT molecular complexity index is 607. The Morgan fingerprint density at radius 3 is 2.23 bits per heavy atom.